The van der Waals surface area contributed by atoms with Crippen LogP contribution in [0, 0.1) is 17.8 Å². The zero-order valence-corrected chi connectivity index (χ0v) is 17.9. The summed E-state index contributed by atoms with van der Waals surface area (Å²) >= 11 is 0. The lowest BCUT2D eigenvalue weighted by molar-refractivity contribution is -0.117. The Morgan fingerprint density at radius 1 is 1.38 bits per heavy atom. The number of hydrogen-bond acceptors (Lipinski definition) is 6. The zero-order chi connectivity index (χ0) is 21.9. The highest BCUT2D eigenvalue weighted by Gasteiger charge is 2.30. The Kier molecular flexibility index (Phi) is 5.75. The van der Waals surface area contributed by atoms with Gasteiger partial charge in [-0.1, -0.05) is 5.92 Å². The van der Waals surface area contributed by atoms with E-state index < -0.39 is 0 Å². The van der Waals surface area contributed by atoms with Gasteiger partial charge < -0.3 is 20.1 Å². The van der Waals surface area contributed by atoms with Crippen molar-refractivity contribution in [1.82, 2.24) is 19.9 Å². The van der Waals surface area contributed by atoms with Gasteiger partial charge in [-0.3, -0.25) is 4.79 Å². The number of aromatic nitrogens is 3. The monoisotopic (exact) mass is 431 g/mol. The smallest absolute Gasteiger partial charge is 0.228 e. The Morgan fingerprint density at radius 3 is 3.06 bits per heavy atom. The minimum Gasteiger partial charge on any atom is -0.489 e. The Morgan fingerprint density at radius 2 is 2.28 bits per heavy atom. The molecule has 1 aliphatic carbocycles. The van der Waals surface area contributed by atoms with Gasteiger partial charge in [0, 0.05) is 36.8 Å². The van der Waals surface area contributed by atoms with E-state index in [-0.39, 0.29) is 17.9 Å². The average molecular weight is 431 g/mol. The van der Waals surface area contributed by atoms with E-state index in [1.807, 2.05) is 30.5 Å². The highest BCUT2D eigenvalue weighted by molar-refractivity contribution is 5.93. The summed E-state index contributed by atoms with van der Waals surface area (Å²) in [7, 11) is 0. The van der Waals surface area contributed by atoms with Crippen molar-refractivity contribution in [3.05, 3.63) is 42.4 Å². The first-order chi connectivity index (χ1) is 15.7. The van der Waals surface area contributed by atoms with Gasteiger partial charge in [0.05, 0.1) is 18.3 Å². The second-order valence-electron chi connectivity index (χ2n) is 8.03. The van der Waals surface area contributed by atoms with E-state index in [4.69, 9.17) is 9.47 Å². The van der Waals surface area contributed by atoms with Gasteiger partial charge >= 0.3 is 0 Å². The van der Waals surface area contributed by atoms with Gasteiger partial charge in [0.2, 0.25) is 5.91 Å². The number of fused-ring (bicyclic) bond motifs is 1. The quantitative estimate of drug-likeness (QED) is 0.583. The molecule has 2 fully saturated rings. The number of nitrogens with one attached hydrogen (secondary N) is 2. The molecule has 0 spiro atoms. The molecule has 164 valence electrons. The van der Waals surface area contributed by atoms with Crippen LogP contribution in [0.15, 0.2) is 36.7 Å². The van der Waals surface area contributed by atoms with Crippen LogP contribution in [0.1, 0.15) is 25.5 Å². The van der Waals surface area contributed by atoms with E-state index in [9.17, 15) is 4.79 Å². The number of amides is 1. The Hall–Kier alpha value is -3.41. The van der Waals surface area contributed by atoms with Crippen molar-refractivity contribution in [2.75, 3.05) is 31.6 Å². The first kappa shape index (κ1) is 20.5. The Bertz CT molecular complexity index is 1200. The van der Waals surface area contributed by atoms with Crippen molar-refractivity contribution in [1.29, 1.82) is 0 Å². The second-order valence-corrected chi connectivity index (χ2v) is 8.03. The van der Waals surface area contributed by atoms with Crippen molar-refractivity contribution in [2.45, 2.75) is 25.9 Å². The number of pyridine rings is 2. The van der Waals surface area contributed by atoms with Crippen LogP contribution in [0.2, 0.25) is 0 Å². The molecular formula is C24H25N5O3. The van der Waals surface area contributed by atoms with Crippen molar-refractivity contribution >= 4 is 17.2 Å². The normalized spacial score (nSPS) is 18.1. The molecule has 1 atom stereocenters. The van der Waals surface area contributed by atoms with Crippen molar-refractivity contribution < 1.29 is 14.3 Å². The summed E-state index contributed by atoms with van der Waals surface area (Å²) in [5, 5.41) is 10.7. The number of carbonyl (C=O) groups is 1. The molecular weight excluding hydrogens is 406 g/mol. The summed E-state index contributed by atoms with van der Waals surface area (Å²) in [6.07, 6.45) is 5.51. The molecule has 0 aromatic carbocycles. The molecule has 3 aromatic heterocycles. The predicted molar refractivity (Wildman–Crippen MR) is 120 cm³/mol. The van der Waals surface area contributed by atoms with Gasteiger partial charge in [-0.05, 0) is 49.4 Å². The van der Waals surface area contributed by atoms with E-state index in [1.54, 1.807) is 17.6 Å². The van der Waals surface area contributed by atoms with Crippen LogP contribution in [0.25, 0.3) is 16.6 Å². The van der Waals surface area contributed by atoms with Crippen molar-refractivity contribution in [3.63, 3.8) is 0 Å². The van der Waals surface area contributed by atoms with Crippen LogP contribution in [-0.2, 0) is 9.53 Å². The number of anilines is 1. The third kappa shape index (κ3) is 4.59. The summed E-state index contributed by atoms with van der Waals surface area (Å²) in [6.45, 7) is 4.53. The summed E-state index contributed by atoms with van der Waals surface area (Å²) in [5.41, 5.74) is 3.40. The molecule has 0 unspecified atom stereocenters. The molecule has 5 rings (SSSR count). The lowest BCUT2D eigenvalue weighted by atomic mass is 10.1. The number of rotatable bonds is 6. The third-order valence-electron chi connectivity index (χ3n) is 5.52. The average Bonchev–Trinajstić information content (AvgIpc) is 3.59. The number of carbonyl (C=O) groups excluding carboxylic acids is 1. The maximum absolute atomic E-state index is 12.1. The molecule has 1 saturated carbocycles. The SMILES string of the molecule is CC#Cc1cc(-c2ccn3nc(NC(=O)C4CC4)cc3c2)c(OC[C@@H]2CNCCO2)cn1. The molecule has 8 heteroatoms. The third-order valence-corrected chi connectivity index (χ3v) is 5.52. The van der Waals surface area contributed by atoms with Gasteiger partial charge in [-0.2, -0.15) is 5.10 Å². The summed E-state index contributed by atoms with van der Waals surface area (Å²) in [4.78, 5) is 16.5. The zero-order valence-electron chi connectivity index (χ0n) is 17.9. The minimum atomic E-state index is 0.00153. The minimum absolute atomic E-state index is 0.00153. The topological polar surface area (TPSA) is 89.8 Å². The largest absolute Gasteiger partial charge is 0.489 e. The Balaban J connectivity index is 1.43. The number of ether oxygens (including phenoxy) is 2. The summed E-state index contributed by atoms with van der Waals surface area (Å²) < 4.78 is 13.6. The lowest BCUT2D eigenvalue weighted by Crippen LogP contribution is -2.41. The Labute approximate surface area is 186 Å². The molecule has 0 radical (unpaired) electrons. The van der Waals surface area contributed by atoms with Crippen LogP contribution < -0.4 is 15.4 Å². The van der Waals surface area contributed by atoms with E-state index in [1.165, 1.54) is 0 Å². The molecule has 0 bridgehead atoms. The second kappa shape index (κ2) is 8.99. The predicted octanol–water partition coefficient (Wildman–Crippen LogP) is 2.48. The molecule has 1 aliphatic heterocycles. The van der Waals surface area contributed by atoms with E-state index in [0.29, 0.717) is 30.5 Å². The van der Waals surface area contributed by atoms with E-state index >= 15 is 0 Å². The molecule has 3 aromatic rings. The maximum Gasteiger partial charge on any atom is 0.228 e. The van der Waals surface area contributed by atoms with Crippen molar-refractivity contribution in [2.24, 2.45) is 5.92 Å². The first-order valence-electron chi connectivity index (χ1n) is 10.9. The highest BCUT2D eigenvalue weighted by Crippen LogP contribution is 2.32. The number of hydrogen-bond donors (Lipinski definition) is 2. The fraction of sp³-hybridized carbons (Fsp3) is 0.375. The van der Waals surface area contributed by atoms with Crippen LogP contribution in [0.3, 0.4) is 0 Å². The van der Waals surface area contributed by atoms with Crippen LogP contribution in [0.5, 0.6) is 5.75 Å². The maximum atomic E-state index is 12.1. The standard InChI is InChI=1S/C24H25N5O3/c1-2-3-18-11-21(22(14-26-18)32-15-20-13-25-7-9-31-20)17-6-8-29-19(10-17)12-23(28-29)27-24(30)16-4-5-16/h6,8,10-12,14,16,20,25H,4-5,7,9,13,15H2,1H3,(H,27,28,30)/t20-/m0/s1. The lowest BCUT2D eigenvalue weighted by Gasteiger charge is -2.24. The van der Waals surface area contributed by atoms with Gasteiger partial charge in [0.25, 0.3) is 0 Å². The molecule has 4 heterocycles. The van der Waals surface area contributed by atoms with Crippen LogP contribution in [0.4, 0.5) is 5.82 Å². The van der Waals surface area contributed by atoms with Crippen molar-refractivity contribution in [3.8, 4) is 28.7 Å². The summed E-state index contributed by atoms with van der Waals surface area (Å²) in [5.74, 6) is 7.32. The van der Waals surface area contributed by atoms with E-state index in [2.05, 4.69) is 32.6 Å². The van der Waals surface area contributed by atoms with Crippen LogP contribution >= 0.6 is 0 Å². The number of nitrogens with zero attached hydrogens (tertiary/aromatic N) is 3. The van der Waals surface area contributed by atoms with Gasteiger partial charge in [-0.15, -0.1) is 0 Å². The number of morpholine rings is 1. The first-order valence-corrected chi connectivity index (χ1v) is 10.9. The van der Waals surface area contributed by atoms with Gasteiger partial charge in [-0.25, -0.2) is 9.50 Å². The molecule has 1 amide bonds. The van der Waals surface area contributed by atoms with Gasteiger partial charge in [0.15, 0.2) is 5.82 Å². The van der Waals surface area contributed by atoms with E-state index in [0.717, 1.165) is 42.6 Å². The molecule has 1 saturated heterocycles. The molecule has 2 aliphatic rings. The fourth-order valence-corrected chi connectivity index (χ4v) is 3.69. The molecule has 32 heavy (non-hydrogen) atoms. The summed E-state index contributed by atoms with van der Waals surface area (Å²) in [6, 6.07) is 7.80. The highest BCUT2D eigenvalue weighted by atomic mass is 16.5. The molecule has 8 nitrogen and oxygen atoms in total. The van der Waals surface area contributed by atoms with Crippen LogP contribution in [-0.4, -0.2) is 52.9 Å². The molecule has 2 N–H and O–H groups in total. The fourth-order valence-electron chi connectivity index (χ4n) is 3.69. The van der Waals surface area contributed by atoms with Gasteiger partial charge in [0.1, 0.15) is 24.2 Å².